The third-order valence-electron chi connectivity index (χ3n) is 1.69. The maximum Gasteiger partial charge on any atom is 0.305 e. The molecule has 1 aromatic heterocycles. The van der Waals surface area contributed by atoms with Crippen molar-refractivity contribution in [1.29, 1.82) is 0 Å². The van der Waals surface area contributed by atoms with Crippen LogP contribution in [0.1, 0.15) is 19.0 Å². The lowest BCUT2D eigenvalue weighted by molar-refractivity contribution is -0.138. The van der Waals surface area contributed by atoms with Crippen molar-refractivity contribution in [1.82, 2.24) is 9.97 Å². The molecule has 70 valence electrons. The average Bonchev–Trinajstić information content (AvgIpc) is 2.04. The van der Waals surface area contributed by atoms with Crippen LogP contribution in [0.15, 0.2) is 18.6 Å². The van der Waals surface area contributed by atoms with E-state index in [1.165, 1.54) is 12.5 Å². The average molecular weight is 181 g/mol. The largest absolute Gasteiger partial charge is 0.481 e. The Morgan fingerprint density at radius 3 is 2.92 bits per heavy atom. The van der Waals surface area contributed by atoms with Crippen molar-refractivity contribution < 1.29 is 9.90 Å². The van der Waals surface area contributed by atoms with Crippen molar-refractivity contribution >= 4 is 5.97 Å². The van der Waals surface area contributed by atoms with Crippen molar-refractivity contribution in [3.05, 3.63) is 24.3 Å². The van der Waals surface area contributed by atoms with Crippen LogP contribution in [0.25, 0.3) is 0 Å². The van der Waals surface area contributed by atoms with Gasteiger partial charge in [-0.2, -0.15) is 0 Å². The predicted molar refractivity (Wildman–Crippen MR) is 45.8 cm³/mol. The van der Waals surface area contributed by atoms with E-state index in [2.05, 4.69) is 9.97 Å². The molecule has 1 heterocycles. The summed E-state index contributed by atoms with van der Waals surface area (Å²) in [5.41, 5.74) is 5.36. The summed E-state index contributed by atoms with van der Waals surface area (Å²) < 4.78 is 0. The quantitative estimate of drug-likeness (QED) is 0.691. The van der Waals surface area contributed by atoms with Crippen molar-refractivity contribution in [2.75, 3.05) is 0 Å². The Balaban J connectivity index is 2.87. The monoisotopic (exact) mass is 181 g/mol. The first-order chi connectivity index (χ1) is 6.02. The van der Waals surface area contributed by atoms with E-state index in [1.54, 1.807) is 13.0 Å². The Hall–Kier alpha value is -1.49. The molecule has 0 radical (unpaired) electrons. The molecule has 0 amide bonds. The fourth-order valence-electron chi connectivity index (χ4n) is 1.03. The normalized spacial score (nSPS) is 14.9. The fraction of sp³-hybridized carbons (Fsp3) is 0.375. The van der Waals surface area contributed by atoms with Crippen molar-refractivity contribution in [3.63, 3.8) is 0 Å². The van der Waals surface area contributed by atoms with Gasteiger partial charge in [-0.05, 0) is 13.0 Å². The summed E-state index contributed by atoms with van der Waals surface area (Å²) in [6.45, 7) is 1.63. The van der Waals surface area contributed by atoms with Gasteiger partial charge in [-0.3, -0.25) is 4.79 Å². The first-order valence-electron chi connectivity index (χ1n) is 3.79. The number of aliphatic carboxylic acids is 1. The third-order valence-corrected chi connectivity index (χ3v) is 1.69. The Morgan fingerprint density at radius 1 is 1.77 bits per heavy atom. The zero-order valence-corrected chi connectivity index (χ0v) is 7.27. The molecule has 5 nitrogen and oxygen atoms in total. The molecule has 3 N–H and O–H groups in total. The van der Waals surface area contributed by atoms with Gasteiger partial charge in [0, 0.05) is 6.20 Å². The summed E-state index contributed by atoms with van der Waals surface area (Å²) in [6, 6.07) is 1.61. The zero-order valence-electron chi connectivity index (χ0n) is 7.27. The summed E-state index contributed by atoms with van der Waals surface area (Å²) in [7, 11) is 0. The number of carboxylic acids is 1. The second kappa shape index (κ2) is 3.49. The van der Waals surface area contributed by atoms with Gasteiger partial charge in [-0.25, -0.2) is 9.97 Å². The Kier molecular flexibility index (Phi) is 2.57. The first kappa shape index (κ1) is 9.60. The highest BCUT2D eigenvalue weighted by Crippen LogP contribution is 2.17. The smallest absolute Gasteiger partial charge is 0.305 e. The maximum atomic E-state index is 10.5. The molecule has 0 aromatic carbocycles. The molecular weight excluding hydrogens is 170 g/mol. The standard InChI is InChI=1S/C8H11N3O2/c1-8(9,4-7(12)13)6-2-3-10-5-11-6/h2-3,5H,4,9H2,1H3,(H,12,13)/t8-/m0/s1. The number of hydrogen-bond donors (Lipinski definition) is 2. The van der Waals surface area contributed by atoms with Gasteiger partial charge < -0.3 is 10.8 Å². The van der Waals surface area contributed by atoms with Crippen LogP contribution in [0, 0.1) is 0 Å². The summed E-state index contributed by atoms with van der Waals surface area (Å²) in [4.78, 5) is 18.1. The van der Waals surface area contributed by atoms with E-state index in [-0.39, 0.29) is 6.42 Å². The highest BCUT2D eigenvalue weighted by molar-refractivity contribution is 5.68. The zero-order chi connectivity index (χ0) is 9.90. The molecule has 0 saturated carbocycles. The van der Waals surface area contributed by atoms with Crippen LogP contribution in [-0.2, 0) is 10.3 Å². The predicted octanol–water partition coefficient (Wildman–Crippen LogP) is 0.125. The number of carboxylic acid groups (broad SMARTS) is 1. The molecule has 0 saturated heterocycles. The Bertz CT molecular complexity index is 298. The fourth-order valence-corrected chi connectivity index (χ4v) is 1.03. The van der Waals surface area contributed by atoms with Crippen molar-refractivity contribution in [2.45, 2.75) is 18.9 Å². The molecular formula is C8H11N3O2. The molecule has 0 fully saturated rings. The molecule has 0 unspecified atom stereocenters. The molecule has 5 heteroatoms. The minimum atomic E-state index is -0.941. The van der Waals surface area contributed by atoms with E-state index in [4.69, 9.17) is 10.8 Å². The number of nitrogens with two attached hydrogens (primary N) is 1. The number of aromatic nitrogens is 2. The lowest BCUT2D eigenvalue weighted by Crippen LogP contribution is -2.36. The highest BCUT2D eigenvalue weighted by Gasteiger charge is 2.25. The Morgan fingerprint density at radius 2 is 2.46 bits per heavy atom. The number of carbonyl (C=O) groups is 1. The van der Waals surface area contributed by atoms with E-state index in [0.717, 1.165) is 0 Å². The molecule has 1 atom stereocenters. The lowest BCUT2D eigenvalue weighted by atomic mass is 9.95. The van der Waals surface area contributed by atoms with Crippen LogP contribution in [0.5, 0.6) is 0 Å². The number of hydrogen-bond acceptors (Lipinski definition) is 4. The van der Waals surface area contributed by atoms with E-state index in [1.807, 2.05) is 0 Å². The van der Waals surface area contributed by atoms with E-state index >= 15 is 0 Å². The van der Waals surface area contributed by atoms with E-state index < -0.39 is 11.5 Å². The maximum absolute atomic E-state index is 10.5. The lowest BCUT2D eigenvalue weighted by Gasteiger charge is -2.20. The molecule has 0 spiro atoms. The van der Waals surface area contributed by atoms with Crippen molar-refractivity contribution in [2.24, 2.45) is 5.73 Å². The van der Waals surface area contributed by atoms with Crippen LogP contribution >= 0.6 is 0 Å². The molecule has 0 aliphatic heterocycles. The van der Waals surface area contributed by atoms with Gasteiger partial charge in [-0.1, -0.05) is 0 Å². The summed E-state index contributed by atoms with van der Waals surface area (Å²) in [6.07, 6.45) is 2.74. The van der Waals surface area contributed by atoms with Crippen LogP contribution in [-0.4, -0.2) is 21.0 Å². The minimum Gasteiger partial charge on any atom is -0.481 e. The van der Waals surface area contributed by atoms with Gasteiger partial charge in [-0.15, -0.1) is 0 Å². The first-order valence-corrected chi connectivity index (χ1v) is 3.79. The summed E-state index contributed by atoms with van der Waals surface area (Å²) in [5.74, 6) is -0.941. The van der Waals surface area contributed by atoms with Crippen LogP contribution in [0.3, 0.4) is 0 Å². The second-order valence-electron chi connectivity index (χ2n) is 3.08. The molecule has 1 rings (SSSR count). The van der Waals surface area contributed by atoms with E-state index in [9.17, 15) is 4.79 Å². The van der Waals surface area contributed by atoms with Gasteiger partial charge in [0.1, 0.15) is 6.33 Å². The molecule has 0 aliphatic carbocycles. The van der Waals surface area contributed by atoms with Crippen LogP contribution in [0.4, 0.5) is 0 Å². The molecule has 0 bridgehead atoms. The molecule has 13 heavy (non-hydrogen) atoms. The van der Waals surface area contributed by atoms with Crippen LogP contribution in [0.2, 0.25) is 0 Å². The molecule has 0 aliphatic rings. The van der Waals surface area contributed by atoms with Gasteiger partial charge in [0.05, 0.1) is 17.7 Å². The van der Waals surface area contributed by atoms with Crippen LogP contribution < -0.4 is 5.73 Å². The van der Waals surface area contributed by atoms with Crippen molar-refractivity contribution in [3.8, 4) is 0 Å². The molecule has 1 aromatic rings. The SMILES string of the molecule is C[C@](N)(CC(=O)O)c1ccncn1. The van der Waals surface area contributed by atoms with Gasteiger partial charge in [0.25, 0.3) is 0 Å². The Labute approximate surface area is 75.6 Å². The minimum absolute atomic E-state index is 0.149. The summed E-state index contributed by atoms with van der Waals surface area (Å²) in [5, 5.41) is 8.59. The third kappa shape index (κ3) is 2.48. The number of nitrogens with zero attached hydrogens (tertiary/aromatic N) is 2. The second-order valence-corrected chi connectivity index (χ2v) is 3.08. The number of rotatable bonds is 3. The van der Waals surface area contributed by atoms with Gasteiger partial charge >= 0.3 is 5.97 Å². The van der Waals surface area contributed by atoms with E-state index in [0.29, 0.717) is 5.69 Å². The van der Waals surface area contributed by atoms with Gasteiger partial charge in [0.2, 0.25) is 0 Å². The van der Waals surface area contributed by atoms with Gasteiger partial charge in [0.15, 0.2) is 0 Å². The topological polar surface area (TPSA) is 89.1 Å². The highest BCUT2D eigenvalue weighted by atomic mass is 16.4. The summed E-state index contributed by atoms with van der Waals surface area (Å²) >= 11 is 0.